The summed E-state index contributed by atoms with van der Waals surface area (Å²) < 4.78 is 8.80. The van der Waals surface area contributed by atoms with Gasteiger partial charge in [-0.25, -0.2) is 0 Å². The molecule has 63 heavy (non-hydrogen) atoms. The Morgan fingerprint density at radius 1 is 0.413 bits per heavy atom. The van der Waals surface area contributed by atoms with Crippen molar-refractivity contribution in [2.75, 3.05) is 9.80 Å². The lowest BCUT2D eigenvalue weighted by Gasteiger charge is -2.45. The molecule has 5 heteroatoms. The SMILES string of the molecule is CC(C)(C)c1ccc2c(c1)N(c1ccccc1)c1cc(-c3ccc4oc5ccccc5c4c3)cc3c1B2c1c(ccc2c1c1ccccc1n2-c1ccccc1)N3c1ccccc1. The summed E-state index contributed by atoms with van der Waals surface area (Å²) in [5.41, 5.74) is 19.9. The van der Waals surface area contributed by atoms with Crippen LogP contribution in [0.3, 0.4) is 0 Å². The van der Waals surface area contributed by atoms with Gasteiger partial charge in [-0.2, -0.15) is 0 Å². The van der Waals surface area contributed by atoms with Crippen molar-refractivity contribution in [3.8, 4) is 16.8 Å². The van der Waals surface area contributed by atoms with Crippen LogP contribution in [0.1, 0.15) is 26.3 Å². The van der Waals surface area contributed by atoms with E-state index in [-0.39, 0.29) is 12.1 Å². The van der Waals surface area contributed by atoms with Crippen LogP contribution in [0, 0.1) is 0 Å². The molecule has 11 aromatic rings. The molecule has 0 spiro atoms. The molecular weight excluding hydrogens is 765 g/mol. The normalized spacial score (nSPS) is 13.2. The first-order valence-electron chi connectivity index (χ1n) is 22.0. The van der Waals surface area contributed by atoms with Crippen molar-refractivity contribution in [3.63, 3.8) is 0 Å². The molecule has 0 N–H and O–H groups in total. The van der Waals surface area contributed by atoms with Gasteiger partial charge in [0.25, 0.3) is 6.71 Å². The van der Waals surface area contributed by atoms with Gasteiger partial charge in [-0.1, -0.05) is 130 Å². The second-order valence-electron chi connectivity index (χ2n) is 18.1. The fraction of sp³-hybridized carbons (Fsp3) is 0.0690. The summed E-state index contributed by atoms with van der Waals surface area (Å²) in [7, 11) is 0. The van der Waals surface area contributed by atoms with Crippen LogP contribution < -0.4 is 26.2 Å². The van der Waals surface area contributed by atoms with E-state index in [1.807, 2.05) is 6.07 Å². The molecule has 0 saturated carbocycles. The Morgan fingerprint density at radius 3 is 1.71 bits per heavy atom. The second-order valence-corrected chi connectivity index (χ2v) is 18.1. The van der Waals surface area contributed by atoms with Crippen LogP contribution >= 0.6 is 0 Å². The van der Waals surface area contributed by atoms with Gasteiger partial charge in [0.15, 0.2) is 0 Å². The number of anilines is 6. The lowest BCUT2D eigenvalue weighted by atomic mass is 9.33. The minimum absolute atomic E-state index is 0.0571. The van der Waals surface area contributed by atoms with Crippen LogP contribution in [0.15, 0.2) is 205 Å². The fourth-order valence-electron chi connectivity index (χ4n) is 10.7. The number of hydrogen-bond donors (Lipinski definition) is 0. The number of aromatic nitrogens is 1. The van der Waals surface area contributed by atoms with Gasteiger partial charge in [0.1, 0.15) is 11.2 Å². The first kappa shape index (κ1) is 35.9. The lowest BCUT2D eigenvalue weighted by molar-refractivity contribution is 0.590. The average Bonchev–Trinajstić information content (AvgIpc) is 3.87. The third kappa shape index (κ3) is 5.29. The molecule has 0 atom stereocenters. The molecule has 4 nitrogen and oxygen atoms in total. The Balaban J connectivity index is 1.19. The Hall–Kier alpha value is -7.76. The van der Waals surface area contributed by atoms with Crippen molar-refractivity contribution in [2.24, 2.45) is 0 Å². The van der Waals surface area contributed by atoms with Crippen LogP contribution in [0.4, 0.5) is 34.1 Å². The van der Waals surface area contributed by atoms with Gasteiger partial charge >= 0.3 is 0 Å². The van der Waals surface area contributed by atoms with E-state index in [2.05, 4.69) is 229 Å². The summed E-state index contributed by atoms with van der Waals surface area (Å²) in [6.07, 6.45) is 0. The van der Waals surface area contributed by atoms with E-state index in [1.165, 1.54) is 66.5 Å². The molecule has 2 aromatic heterocycles. The van der Waals surface area contributed by atoms with Crippen molar-refractivity contribution in [3.05, 3.63) is 206 Å². The summed E-state index contributed by atoms with van der Waals surface area (Å²) in [4.78, 5) is 5.07. The number of para-hydroxylation sites is 5. The third-order valence-electron chi connectivity index (χ3n) is 13.5. The zero-order valence-electron chi connectivity index (χ0n) is 35.4. The van der Waals surface area contributed by atoms with Crippen LogP contribution in [-0.4, -0.2) is 11.3 Å². The minimum Gasteiger partial charge on any atom is -0.456 e. The second kappa shape index (κ2) is 13.4. The largest absolute Gasteiger partial charge is 0.456 e. The molecule has 13 rings (SSSR count). The van der Waals surface area contributed by atoms with E-state index in [0.717, 1.165) is 50.1 Å². The van der Waals surface area contributed by atoms with Gasteiger partial charge < -0.3 is 18.8 Å². The van der Waals surface area contributed by atoms with Crippen molar-refractivity contribution in [1.82, 2.24) is 4.57 Å². The first-order valence-corrected chi connectivity index (χ1v) is 22.0. The number of benzene rings is 9. The number of nitrogens with zero attached hydrogens (tertiary/aromatic N) is 3. The molecule has 0 unspecified atom stereocenters. The number of furan rings is 1. The maximum atomic E-state index is 6.35. The highest BCUT2D eigenvalue weighted by Gasteiger charge is 2.45. The van der Waals surface area contributed by atoms with Crippen LogP contribution in [0.2, 0.25) is 0 Å². The molecule has 2 aliphatic heterocycles. The highest BCUT2D eigenvalue weighted by Crippen LogP contribution is 2.48. The van der Waals surface area contributed by atoms with Gasteiger partial charge in [0, 0.05) is 61.4 Å². The zero-order valence-corrected chi connectivity index (χ0v) is 35.4. The molecule has 298 valence electrons. The summed E-state index contributed by atoms with van der Waals surface area (Å²) in [6.45, 7) is 6.89. The number of rotatable bonds is 4. The number of hydrogen-bond acceptors (Lipinski definition) is 3. The van der Waals surface area contributed by atoms with E-state index in [0.29, 0.717) is 0 Å². The van der Waals surface area contributed by atoms with Gasteiger partial charge in [-0.05, 0) is 129 Å². The summed E-state index contributed by atoms with van der Waals surface area (Å²) in [6, 6.07) is 73.7. The highest BCUT2D eigenvalue weighted by atomic mass is 16.3. The smallest absolute Gasteiger partial charge is 0.253 e. The third-order valence-corrected chi connectivity index (χ3v) is 13.5. The topological polar surface area (TPSA) is 24.6 Å². The van der Waals surface area contributed by atoms with E-state index in [1.54, 1.807) is 0 Å². The summed E-state index contributed by atoms with van der Waals surface area (Å²) >= 11 is 0. The van der Waals surface area contributed by atoms with Crippen LogP contribution in [-0.2, 0) is 5.41 Å². The van der Waals surface area contributed by atoms with E-state index < -0.39 is 0 Å². The van der Waals surface area contributed by atoms with Gasteiger partial charge in [0.2, 0.25) is 0 Å². The monoisotopic (exact) mass is 807 g/mol. The standard InChI is InChI=1S/C58H42BN3O/c1-58(2,3)39-28-29-46-50(36-39)62(42-21-11-6-12-22-42)52-35-38(37-27-32-54-45(33-37)43-23-14-16-26-53(43)63-54)34-51-56(52)59(46)57-49(61(51)41-19-9-5-10-20-41)31-30-48-55(57)44-24-13-15-25-47(44)60(48)40-17-7-4-8-18-40/h4-36H,1-3H3. The minimum atomic E-state index is -0.0676. The summed E-state index contributed by atoms with van der Waals surface area (Å²) in [5.74, 6) is 0. The van der Waals surface area contributed by atoms with E-state index in [9.17, 15) is 0 Å². The number of fused-ring (bicyclic) bond motifs is 11. The predicted octanol–water partition coefficient (Wildman–Crippen LogP) is 13.7. The van der Waals surface area contributed by atoms with Gasteiger partial charge in [0.05, 0.1) is 11.0 Å². The molecule has 0 radical (unpaired) electrons. The molecule has 0 amide bonds. The quantitative estimate of drug-likeness (QED) is 0.166. The predicted molar refractivity (Wildman–Crippen MR) is 266 cm³/mol. The zero-order chi connectivity index (χ0) is 42.0. The Labute approximate surface area is 367 Å². The highest BCUT2D eigenvalue weighted by molar-refractivity contribution is 7.02. The first-order chi connectivity index (χ1) is 30.9. The maximum Gasteiger partial charge on any atom is 0.253 e. The summed E-state index contributed by atoms with van der Waals surface area (Å²) in [5, 5.41) is 4.79. The molecule has 0 saturated heterocycles. The van der Waals surface area contributed by atoms with Crippen molar-refractivity contribution in [1.29, 1.82) is 0 Å². The van der Waals surface area contributed by atoms with E-state index >= 15 is 0 Å². The van der Waals surface area contributed by atoms with Gasteiger partial charge in [-0.15, -0.1) is 0 Å². The Kier molecular flexibility index (Phi) is 7.63. The molecule has 2 aliphatic rings. The van der Waals surface area contributed by atoms with Gasteiger partial charge in [-0.3, -0.25) is 0 Å². The molecule has 0 bridgehead atoms. The van der Waals surface area contributed by atoms with Crippen LogP contribution in [0.25, 0.3) is 60.6 Å². The average molecular weight is 808 g/mol. The molecule has 0 fully saturated rings. The van der Waals surface area contributed by atoms with Crippen LogP contribution in [0.5, 0.6) is 0 Å². The van der Waals surface area contributed by atoms with E-state index in [4.69, 9.17) is 4.42 Å². The fourth-order valence-corrected chi connectivity index (χ4v) is 10.7. The molecule has 9 aromatic carbocycles. The Bertz CT molecular complexity index is 3620. The van der Waals surface area contributed by atoms with Crippen molar-refractivity contribution >= 4 is 101 Å². The molecular formula is C58H42BN3O. The lowest BCUT2D eigenvalue weighted by Crippen LogP contribution is -2.61. The Morgan fingerprint density at radius 2 is 1.02 bits per heavy atom. The molecule has 0 aliphatic carbocycles. The molecule has 4 heterocycles. The van der Waals surface area contributed by atoms with Crippen molar-refractivity contribution < 1.29 is 4.42 Å². The van der Waals surface area contributed by atoms with Crippen molar-refractivity contribution in [2.45, 2.75) is 26.2 Å². The maximum absolute atomic E-state index is 6.35.